The molecule has 6 heteroatoms. The van der Waals surface area contributed by atoms with Gasteiger partial charge in [0.05, 0.1) is 5.92 Å². The highest BCUT2D eigenvalue weighted by Gasteiger charge is 2.37. The molecule has 0 aromatic heterocycles. The number of carbonyl (C=O) groups excluding carboxylic acids is 2. The van der Waals surface area contributed by atoms with E-state index >= 15 is 0 Å². The van der Waals surface area contributed by atoms with Gasteiger partial charge in [0.1, 0.15) is 0 Å². The molecule has 136 valence electrons. The Morgan fingerprint density at radius 1 is 1.16 bits per heavy atom. The van der Waals surface area contributed by atoms with Crippen LogP contribution in [0.1, 0.15) is 43.6 Å². The Balaban J connectivity index is 1.97. The summed E-state index contributed by atoms with van der Waals surface area (Å²) in [5.74, 6) is -1.59. The van der Waals surface area contributed by atoms with Crippen molar-refractivity contribution in [2.45, 2.75) is 34.2 Å². The molecule has 1 aliphatic rings. The normalized spacial score (nSPS) is 20.4. The highest BCUT2D eigenvalue weighted by Crippen LogP contribution is 2.24. The monoisotopic (exact) mass is 346 g/mol. The lowest BCUT2D eigenvalue weighted by atomic mass is 9.95. The Morgan fingerprint density at radius 3 is 2.24 bits per heavy atom. The Labute approximate surface area is 148 Å². The van der Waals surface area contributed by atoms with Gasteiger partial charge in [-0.3, -0.25) is 14.4 Å². The number of amides is 2. The summed E-state index contributed by atoms with van der Waals surface area (Å²) in [5.41, 5.74) is 1.000. The summed E-state index contributed by atoms with van der Waals surface area (Å²) in [6, 6.07) is 7.06. The molecular weight excluding hydrogens is 320 g/mol. The van der Waals surface area contributed by atoms with E-state index in [9.17, 15) is 19.5 Å². The molecule has 0 radical (unpaired) electrons. The SMILES string of the molecule is C[C@@H]1CN(C(=O)c2ccc(CNC(=O)C(C)(C)C)cc2)C[C@H]1C(=O)O. The lowest BCUT2D eigenvalue weighted by Gasteiger charge is -2.18. The van der Waals surface area contributed by atoms with Crippen LogP contribution in [0.4, 0.5) is 0 Å². The second-order valence-electron chi connectivity index (χ2n) is 7.76. The lowest BCUT2D eigenvalue weighted by molar-refractivity contribution is -0.142. The highest BCUT2D eigenvalue weighted by atomic mass is 16.4. The zero-order chi connectivity index (χ0) is 18.8. The average molecular weight is 346 g/mol. The average Bonchev–Trinajstić information content (AvgIpc) is 2.93. The molecule has 1 aromatic carbocycles. The number of hydrogen-bond acceptors (Lipinski definition) is 3. The molecule has 1 saturated heterocycles. The van der Waals surface area contributed by atoms with Gasteiger partial charge in [-0.1, -0.05) is 39.8 Å². The van der Waals surface area contributed by atoms with Crippen LogP contribution in [0, 0.1) is 17.3 Å². The van der Waals surface area contributed by atoms with Crippen LogP contribution < -0.4 is 5.32 Å². The number of benzene rings is 1. The molecule has 0 spiro atoms. The van der Waals surface area contributed by atoms with E-state index in [1.165, 1.54) is 0 Å². The summed E-state index contributed by atoms with van der Waals surface area (Å²) < 4.78 is 0. The smallest absolute Gasteiger partial charge is 0.308 e. The predicted molar refractivity (Wildman–Crippen MR) is 93.9 cm³/mol. The van der Waals surface area contributed by atoms with Crippen LogP contribution in [0.3, 0.4) is 0 Å². The minimum atomic E-state index is -0.854. The first kappa shape index (κ1) is 19.0. The van der Waals surface area contributed by atoms with Crippen LogP contribution in [0.25, 0.3) is 0 Å². The third kappa shape index (κ3) is 4.59. The molecule has 1 heterocycles. The van der Waals surface area contributed by atoms with Crippen molar-refractivity contribution in [1.29, 1.82) is 0 Å². The Morgan fingerprint density at radius 2 is 1.76 bits per heavy atom. The third-order valence-corrected chi connectivity index (χ3v) is 4.55. The molecule has 0 saturated carbocycles. The van der Waals surface area contributed by atoms with Crippen molar-refractivity contribution in [3.8, 4) is 0 Å². The summed E-state index contributed by atoms with van der Waals surface area (Å²) in [7, 11) is 0. The van der Waals surface area contributed by atoms with Crippen LogP contribution >= 0.6 is 0 Å². The number of rotatable bonds is 4. The largest absolute Gasteiger partial charge is 0.481 e. The number of carbonyl (C=O) groups is 3. The topological polar surface area (TPSA) is 86.7 Å². The summed E-state index contributed by atoms with van der Waals surface area (Å²) in [6.45, 7) is 8.53. The fraction of sp³-hybridized carbons (Fsp3) is 0.526. The van der Waals surface area contributed by atoms with E-state index < -0.39 is 17.3 Å². The van der Waals surface area contributed by atoms with E-state index in [0.29, 0.717) is 18.7 Å². The molecule has 0 unspecified atom stereocenters. The van der Waals surface area contributed by atoms with Crippen molar-refractivity contribution >= 4 is 17.8 Å². The van der Waals surface area contributed by atoms with Crippen molar-refractivity contribution in [2.75, 3.05) is 13.1 Å². The summed E-state index contributed by atoms with van der Waals surface area (Å²) >= 11 is 0. The zero-order valence-corrected chi connectivity index (χ0v) is 15.2. The molecule has 6 nitrogen and oxygen atoms in total. The first-order chi connectivity index (χ1) is 11.6. The number of hydrogen-bond donors (Lipinski definition) is 2. The maximum absolute atomic E-state index is 12.5. The van der Waals surface area contributed by atoms with Crippen LogP contribution in [-0.2, 0) is 16.1 Å². The Kier molecular flexibility index (Phi) is 5.50. The number of aliphatic carboxylic acids is 1. The van der Waals surface area contributed by atoms with Gasteiger partial charge in [0, 0.05) is 30.6 Å². The fourth-order valence-electron chi connectivity index (χ4n) is 2.85. The van der Waals surface area contributed by atoms with E-state index in [1.807, 2.05) is 39.8 Å². The Bertz CT molecular complexity index is 661. The summed E-state index contributed by atoms with van der Waals surface area (Å²) in [5, 5.41) is 12.0. The minimum Gasteiger partial charge on any atom is -0.481 e. The van der Waals surface area contributed by atoms with Crippen molar-refractivity contribution in [3.05, 3.63) is 35.4 Å². The molecule has 1 aliphatic heterocycles. The van der Waals surface area contributed by atoms with Crippen molar-refractivity contribution in [1.82, 2.24) is 10.2 Å². The van der Waals surface area contributed by atoms with Crippen molar-refractivity contribution < 1.29 is 19.5 Å². The lowest BCUT2D eigenvalue weighted by Crippen LogP contribution is -2.34. The number of nitrogens with one attached hydrogen (secondary N) is 1. The number of carboxylic acid groups (broad SMARTS) is 1. The van der Waals surface area contributed by atoms with Gasteiger partial charge >= 0.3 is 5.97 Å². The van der Waals surface area contributed by atoms with Gasteiger partial charge in [0.25, 0.3) is 5.91 Å². The first-order valence-corrected chi connectivity index (χ1v) is 8.49. The quantitative estimate of drug-likeness (QED) is 0.874. The van der Waals surface area contributed by atoms with Gasteiger partial charge in [-0.15, -0.1) is 0 Å². The van der Waals surface area contributed by atoms with Gasteiger partial charge in [-0.05, 0) is 23.6 Å². The Hall–Kier alpha value is -2.37. The molecule has 2 N–H and O–H groups in total. The van der Waals surface area contributed by atoms with Crippen LogP contribution in [0.15, 0.2) is 24.3 Å². The van der Waals surface area contributed by atoms with E-state index in [-0.39, 0.29) is 24.3 Å². The van der Waals surface area contributed by atoms with Gasteiger partial charge in [0.2, 0.25) is 5.91 Å². The van der Waals surface area contributed by atoms with Crippen LogP contribution in [0.5, 0.6) is 0 Å². The summed E-state index contributed by atoms with van der Waals surface area (Å²) in [4.78, 5) is 37.2. The minimum absolute atomic E-state index is 0.0292. The molecule has 2 atom stereocenters. The zero-order valence-electron chi connectivity index (χ0n) is 15.2. The first-order valence-electron chi connectivity index (χ1n) is 8.49. The third-order valence-electron chi connectivity index (χ3n) is 4.55. The predicted octanol–water partition coefficient (Wildman–Crippen LogP) is 2.14. The fourth-order valence-corrected chi connectivity index (χ4v) is 2.85. The molecule has 1 aromatic rings. The second-order valence-corrected chi connectivity index (χ2v) is 7.76. The van der Waals surface area contributed by atoms with E-state index in [0.717, 1.165) is 5.56 Å². The second kappa shape index (κ2) is 7.25. The molecule has 1 fully saturated rings. The van der Waals surface area contributed by atoms with Crippen molar-refractivity contribution in [2.24, 2.45) is 17.3 Å². The van der Waals surface area contributed by atoms with Gasteiger partial charge in [-0.25, -0.2) is 0 Å². The molecule has 2 rings (SSSR count). The number of likely N-dealkylation sites (tertiary alicyclic amines) is 1. The van der Waals surface area contributed by atoms with Crippen molar-refractivity contribution in [3.63, 3.8) is 0 Å². The number of carboxylic acids is 1. The van der Waals surface area contributed by atoms with Gasteiger partial charge < -0.3 is 15.3 Å². The van der Waals surface area contributed by atoms with Crippen LogP contribution in [-0.4, -0.2) is 40.9 Å². The molecule has 2 amide bonds. The highest BCUT2D eigenvalue weighted by molar-refractivity contribution is 5.95. The van der Waals surface area contributed by atoms with E-state index in [2.05, 4.69) is 5.32 Å². The van der Waals surface area contributed by atoms with Gasteiger partial charge in [-0.2, -0.15) is 0 Å². The molecule has 25 heavy (non-hydrogen) atoms. The summed E-state index contributed by atoms with van der Waals surface area (Å²) in [6.07, 6.45) is 0. The number of nitrogens with zero attached hydrogens (tertiary/aromatic N) is 1. The molecule has 0 bridgehead atoms. The standard InChI is InChI=1S/C19H26N2O4/c1-12-10-21(11-15(12)17(23)24)16(22)14-7-5-13(6-8-14)9-20-18(25)19(2,3)4/h5-8,12,15H,9-11H2,1-4H3,(H,20,25)(H,23,24)/t12-,15-/m1/s1. The molecule has 0 aliphatic carbocycles. The van der Waals surface area contributed by atoms with Crippen LogP contribution in [0.2, 0.25) is 0 Å². The van der Waals surface area contributed by atoms with Gasteiger partial charge in [0.15, 0.2) is 0 Å². The maximum Gasteiger partial charge on any atom is 0.308 e. The van der Waals surface area contributed by atoms with E-state index in [4.69, 9.17) is 0 Å². The van der Waals surface area contributed by atoms with E-state index in [1.54, 1.807) is 17.0 Å². The maximum atomic E-state index is 12.5. The molecular formula is C19H26N2O4.